The van der Waals surface area contributed by atoms with E-state index in [4.69, 9.17) is 5.73 Å². The standard InChI is InChI=1S/C18H24N8/c1-11-14(12-9-20-26(3)10-12)8-15-16(19)23-18(24-17(15)21-11)22-13-4-6-25(2)7-5-13/h8-10,13H,4-7H2,1-3H3,(H3,19,21,22,23,24). The van der Waals surface area contributed by atoms with Gasteiger partial charge in [0.25, 0.3) is 0 Å². The predicted molar refractivity (Wildman–Crippen MR) is 103 cm³/mol. The molecule has 0 saturated carbocycles. The molecule has 0 aromatic carbocycles. The molecule has 1 aliphatic rings. The number of pyridine rings is 1. The summed E-state index contributed by atoms with van der Waals surface area (Å²) >= 11 is 0. The van der Waals surface area contributed by atoms with Crippen molar-refractivity contribution in [1.29, 1.82) is 0 Å². The Kier molecular flexibility index (Phi) is 4.20. The molecule has 0 unspecified atom stereocenters. The number of aryl methyl sites for hydroxylation is 2. The van der Waals surface area contributed by atoms with E-state index >= 15 is 0 Å². The summed E-state index contributed by atoms with van der Waals surface area (Å²) in [6.45, 7) is 4.13. The van der Waals surface area contributed by atoms with Crippen molar-refractivity contribution < 1.29 is 0 Å². The zero-order chi connectivity index (χ0) is 18.3. The smallest absolute Gasteiger partial charge is 0.226 e. The number of piperidine rings is 1. The van der Waals surface area contributed by atoms with Crippen LogP contribution in [-0.4, -0.2) is 55.8 Å². The van der Waals surface area contributed by atoms with Crippen LogP contribution < -0.4 is 11.1 Å². The van der Waals surface area contributed by atoms with E-state index in [0.717, 1.165) is 48.1 Å². The maximum absolute atomic E-state index is 6.23. The number of nitrogen functional groups attached to an aromatic ring is 1. The maximum Gasteiger partial charge on any atom is 0.226 e. The SMILES string of the molecule is Cc1nc2nc(NC3CCN(C)CC3)nc(N)c2cc1-c1cnn(C)c1. The highest BCUT2D eigenvalue weighted by Crippen LogP contribution is 2.28. The Balaban J connectivity index is 1.67. The first kappa shape index (κ1) is 16.7. The normalized spacial score (nSPS) is 16.3. The van der Waals surface area contributed by atoms with E-state index in [-0.39, 0.29) is 0 Å². The van der Waals surface area contributed by atoms with Gasteiger partial charge in [0.2, 0.25) is 5.95 Å². The van der Waals surface area contributed by atoms with Crippen LogP contribution in [0.5, 0.6) is 0 Å². The molecule has 3 N–H and O–H groups in total. The van der Waals surface area contributed by atoms with Gasteiger partial charge in [-0.25, -0.2) is 4.98 Å². The fraction of sp³-hybridized carbons (Fsp3) is 0.444. The van der Waals surface area contributed by atoms with Gasteiger partial charge in [-0.05, 0) is 46.0 Å². The number of aromatic nitrogens is 5. The summed E-state index contributed by atoms with van der Waals surface area (Å²) in [5, 5.41) is 8.42. The summed E-state index contributed by atoms with van der Waals surface area (Å²) in [7, 11) is 4.04. The van der Waals surface area contributed by atoms with Crippen LogP contribution in [0, 0.1) is 6.92 Å². The first-order valence-electron chi connectivity index (χ1n) is 8.88. The Hall–Kier alpha value is -2.74. The van der Waals surface area contributed by atoms with Gasteiger partial charge in [-0.3, -0.25) is 4.68 Å². The number of nitrogens with two attached hydrogens (primary N) is 1. The van der Waals surface area contributed by atoms with E-state index in [1.54, 1.807) is 4.68 Å². The van der Waals surface area contributed by atoms with Crippen LogP contribution in [-0.2, 0) is 7.05 Å². The van der Waals surface area contributed by atoms with Crippen molar-refractivity contribution in [1.82, 2.24) is 29.6 Å². The Labute approximate surface area is 152 Å². The fourth-order valence-corrected chi connectivity index (χ4v) is 3.42. The van der Waals surface area contributed by atoms with Crippen LogP contribution in [0.15, 0.2) is 18.5 Å². The van der Waals surface area contributed by atoms with Gasteiger partial charge in [0.1, 0.15) is 5.82 Å². The van der Waals surface area contributed by atoms with E-state index in [9.17, 15) is 0 Å². The molecule has 3 aromatic rings. The lowest BCUT2D eigenvalue weighted by Crippen LogP contribution is -2.37. The first-order valence-corrected chi connectivity index (χ1v) is 8.88. The average Bonchev–Trinajstić information content (AvgIpc) is 3.02. The summed E-state index contributed by atoms with van der Waals surface area (Å²) in [6.07, 6.45) is 5.93. The molecule has 1 fully saturated rings. The van der Waals surface area contributed by atoms with Gasteiger partial charge >= 0.3 is 0 Å². The lowest BCUT2D eigenvalue weighted by Gasteiger charge is -2.29. The van der Waals surface area contributed by atoms with Crippen molar-refractivity contribution in [2.45, 2.75) is 25.8 Å². The number of rotatable bonds is 3. The fourth-order valence-electron chi connectivity index (χ4n) is 3.42. The Morgan fingerprint density at radius 2 is 1.92 bits per heavy atom. The first-order chi connectivity index (χ1) is 12.5. The number of hydrogen-bond acceptors (Lipinski definition) is 7. The summed E-state index contributed by atoms with van der Waals surface area (Å²) < 4.78 is 1.77. The molecule has 4 heterocycles. The van der Waals surface area contributed by atoms with Crippen molar-refractivity contribution in [3.05, 3.63) is 24.2 Å². The van der Waals surface area contributed by atoms with E-state index in [0.29, 0.717) is 23.5 Å². The van der Waals surface area contributed by atoms with Crippen LogP contribution in [0.4, 0.5) is 11.8 Å². The minimum atomic E-state index is 0.374. The summed E-state index contributed by atoms with van der Waals surface area (Å²) in [6, 6.07) is 2.38. The summed E-state index contributed by atoms with van der Waals surface area (Å²) in [5.74, 6) is 1.01. The molecule has 136 valence electrons. The molecule has 0 aliphatic carbocycles. The van der Waals surface area contributed by atoms with Crippen LogP contribution in [0.3, 0.4) is 0 Å². The van der Waals surface area contributed by atoms with E-state index in [1.165, 1.54) is 0 Å². The molecule has 3 aromatic heterocycles. The summed E-state index contributed by atoms with van der Waals surface area (Å²) in [4.78, 5) is 16.1. The lowest BCUT2D eigenvalue weighted by molar-refractivity contribution is 0.263. The van der Waals surface area contributed by atoms with Crippen molar-refractivity contribution in [3.8, 4) is 11.1 Å². The van der Waals surface area contributed by atoms with E-state index in [2.05, 4.69) is 37.3 Å². The van der Waals surface area contributed by atoms with Crippen LogP contribution >= 0.6 is 0 Å². The van der Waals surface area contributed by atoms with Crippen molar-refractivity contribution in [2.24, 2.45) is 7.05 Å². The van der Waals surface area contributed by atoms with Crippen LogP contribution in [0.1, 0.15) is 18.5 Å². The third kappa shape index (κ3) is 3.20. The second-order valence-corrected chi connectivity index (χ2v) is 7.05. The average molecular weight is 352 g/mol. The third-order valence-corrected chi connectivity index (χ3v) is 4.97. The molecule has 4 rings (SSSR count). The van der Waals surface area contributed by atoms with Crippen molar-refractivity contribution >= 4 is 22.8 Å². The molecule has 0 radical (unpaired) electrons. The molecular formula is C18H24N8. The minimum Gasteiger partial charge on any atom is -0.383 e. The van der Waals surface area contributed by atoms with Gasteiger partial charge in [0.15, 0.2) is 5.65 Å². The number of hydrogen-bond donors (Lipinski definition) is 2. The number of nitrogens with one attached hydrogen (secondary N) is 1. The highest BCUT2D eigenvalue weighted by molar-refractivity contribution is 5.90. The monoisotopic (exact) mass is 352 g/mol. The number of nitrogens with zero attached hydrogens (tertiary/aromatic N) is 6. The Morgan fingerprint density at radius 3 is 2.62 bits per heavy atom. The topological polar surface area (TPSA) is 97.8 Å². The summed E-state index contributed by atoms with van der Waals surface area (Å²) in [5.41, 5.74) is 9.75. The largest absolute Gasteiger partial charge is 0.383 e. The molecule has 0 bridgehead atoms. The highest BCUT2D eigenvalue weighted by Gasteiger charge is 2.18. The third-order valence-electron chi connectivity index (χ3n) is 4.97. The quantitative estimate of drug-likeness (QED) is 0.742. The van der Waals surface area contributed by atoms with Crippen molar-refractivity contribution in [3.63, 3.8) is 0 Å². The molecule has 1 aliphatic heterocycles. The van der Waals surface area contributed by atoms with Gasteiger partial charge in [-0.15, -0.1) is 0 Å². The van der Waals surface area contributed by atoms with Gasteiger partial charge in [-0.2, -0.15) is 15.1 Å². The number of likely N-dealkylation sites (tertiary alicyclic amines) is 1. The van der Waals surface area contributed by atoms with Gasteiger partial charge < -0.3 is 16.0 Å². The number of anilines is 2. The molecule has 26 heavy (non-hydrogen) atoms. The lowest BCUT2D eigenvalue weighted by atomic mass is 10.1. The molecule has 8 nitrogen and oxygen atoms in total. The van der Waals surface area contributed by atoms with Gasteiger partial charge in [0.05, 0.1) is 11.6 Å². The number of fused-ring (bicyclic) bond motifs is 1. The van der Waals surface area contributed by atoms with Crippen LogP contribution in [0.2, 0.25) is 0 Å². The van der Waals surface area contributed by atoms with E-state index < -0.39 is 0 Å². The molecule has 8 heteroatoms. The molecule has 0 amide bonds. The highest BCUT2D eigenvalue weighted by atomic mass is 15.2. The maximum atomic E-state index is 6.23. The Morgan fingerprint density at radius 1 is 1.15 bits per heavy atom. The molecule has 0 atom stereocenters. The van der Waals surface area contributed by atoms with E-state index in [1.807, 2.05) is 32.4 Å². The second kappa shape index (κ2) is 6.53. The molecule has 1 saturated heterocycles. The van der Waals surface area contributed by atoms with Crippen LogP contribution in [0.25, 0.3) is 22.2 Å². The minimum absolute atomic E-state index is 0.374. The van der Waals surface area contributed by atoms with Crippen molar-refractivity contribution in [2.75, 3.05) is 31.2 Å². The molecular weight excluding hydrogens is 328 g/mol. The predicted octanol–water partition coefficient (Wildman–Crippen LogP) is 1.82. The van der Waals surface area contributed by atoms with Gasteiger partial charge in [0, 0.05) is 36.1 Å². The molecule has 0 spiro atoms. The van der Waals surface area contributed by atoms with Gasteiger partial charge in [-0.1, -0.05) is 0 Å². The Bertz CT molecular complexity index is 940. The second-order valence-electron chi connectivity index (χ2n) is 7.05. The zero-order valence-electron chi connectivity index (χ0n) is 15.4. The zero-order valence-corrected chi connectivity index (χ0v) is 15.4.